The summed E-state index contributed by atoms with van der Waals surface area (Å²) in [7, 11) is 0. The molecule has 0 spiro atoms. The second-order valence-electron chi connectivity index (χ2n) is 6.25. The number of aromatic nitrogens is 1. The van der Waals surface area contributed by atoms with Crippen LogP contribution in [0.3, 0.4) is 0 Å². The monoisotopic (exact) mass is 315 g/mol. The van der Waals surface area contributed by atoms with Crippen LogP contribution in [0.2, 0.25) is 0 Å². The zero-order valence-corrected chi connectivity index (χ0v) is 13.2. The van der Waals surface area contributed by atoms with Gasteiger partial charge in [0.25, 0.3) is 5.91 Å². The topological polar surface area (TPSA) is 88.6 Å². The van der Waals surface area contributed by atoms with E-state index in [0.717, 1.165) is 16.6 Å². The molecule has 3 rings (SSSR count). The summed E-state index contributed by atoms with van der Waals surface area (Å²) < 4.78 is 1.95. The van der Waals surface area contributed by atoms with Crippen LogP contribution in [0.1, 0.15) is 18.5 Å². The first-order chi connectivity index (χ1) is 10.9. The lowest BCUT2D eigenvalue weighted by Crippen LogP contribution is -2.57. The number of fused-ring (bicyclic) bond motifs is 1. The first kappa shape index (κ1) is 15.6. The van der Waals surface area contributed by atoms with E-state index in [9.17, 15) is 14.7 Å². The van der Waals surface area contributed by atoms with E-state index in [1.165, 1.54) is 4.90 Å². The van der Waals surface area contributed by atoms with E-state index >= 15 is 0 Å². The Morgan fingerprint density at radius 1 is 1.35 bits per heavy atom. The maximum absolute atomic E-state index is 12.6. The third-order valence-corrected chi connectivity index (χ3v) is 4.59. The molecular formula is C17H21N3O3. The third-order valence-electron chi connectivity index (χ3n) is 4.59. The number of carbonyl (C=O) groups is 2. The third kappa shape index (κ3) is 2.82. The Morgan fingerprint density at radius 3 is 2.83 bits per heavy atom. The number of aryl methyl sites for hydroxylation is 1. The quantitative estimate of drug-likeness (QED) is 0.877. The lowest BCUT2D eigenvalue weighted by molar-refractivity contribution is -0.149. The summed E-state index contributed by atoms with van der Waals surface area (Å²) in [4.78, 5) is 25.6. The Morgan fingerprint density at radius 2 is 2.09 bits per heavy atom. The van der Waals surface area contributed by atoms with E-state index in [1.54, 1.807) is 0 Å². The number of para-hydroxylation sites is 1. The minimum Gasteiger partial charge on any atom is -0.378 e. The van der Waals surface area contributed by atoms with Gasteiger partial charge < -0.3 is 20.3 Å². The molecule has 0 saturated carbocycles. The number of hydrogen-bond donors (Lipinski definition) is 2. The molecule has 23 heavy (non-hydrogen) atoms. The minimum absolute atomic E-state index is 0.0284. The van der Waals surface area contributed by atoms with Crippen molar-refractivity contribution < 1.29 is 14.7 Å². The molecule has 2 aromatic rings. The predicted octanol–water partition coefficient (Wildman–Crippen LogP) is 0.789. The largest absolute Gasteiger partial charge is 0.378 e. The number of β-amino-alcohol motifs (C(OH)–C–C–N with tert-alkyl or cyclic N) is 1. The fourth-order valence-electron chi connectivity index (χ4n) is 3.24. The first-order valence-corrected chi connectivity index (χ1v) is 7.76. The normalized spacial score (nSPS) is 21.6. The van der Waals surface area contributed by atoms with Crippen molar-refractivity contribution in [2.45, 2.75) is 31.9 Å². The number of likely N-dealkylation sites (tertiary alicyclic amines) is 1. The van der Waals surface area contributed by atoms with Gasteiger partial charge in [0, 0.05) is 17.8 Å². The molecule has 0 aliphatic carbocycles. The van der Waals surface area contributed by atoms with E-state index < -0.39 is 11.5 Å². The lowest BCUT2D eigenvalue weighted by Gasteiger charge is -2.37. The van der Waals surface area contributed by atoms with Crippen LogP contribution in [0.5, 0.6) is 0 Å². The summed E-state index contributed by atoms with van der Waals surface area (Å²) in [6, 6.07) is 9.93. The molecule has 2 heterocycles. The highest BCUT2D eigenvalue weighted by molar-refractivity contribution is 5.86. The molecule has 2 amide bonds. The minimum atomic E-state index is -1.61. The zero-order chi connectivity index (χ0) is 16.6. The van der Waals surface area contributed by atoms with Crippen molar-refractivity contribution >= 4 is 22.7 Å². The van der Waals surface area contributed by atoms with Gasteiger partial charge in [-0.05, 0) is 37.3 Å². The van der Waals surface area contributed by atoms with E-state index in [1.807, 2.05) is 41.8 Å². The fourth-order valence-corrected chi connectivity index (χ4v) is 3.24. The Kier molecular flexibility index (Phi) is 3.85. The SMILES string of the molecule is Cc1cc2ccccc2n1CC(=O)N1CCC[C@](O)(C(N)=O)C1. The molecule has 1 saturated heterocycles. The highest BCUT2D eigenvalue weighted by Gasteiger charge is 2.40. The molecule has 3 N–H and O–H groups in total. The van der Waals surface area contributed by atoms with Crippen LogP contribution in [-0.2, 0) is 16.1 Å². The second-order valence-corrected chi connectivity index (χ2v) is 6.25. The van der Waals surface area contributed by atoms with Crippen LogP contribution in [-0.4, -0.2) is 45.1 Å². The summed E-state index contributed by atoms with van der Waals surface area (Å²) in [6.07, 6.45) is 0.869. The molecule has 1 aliphatic heterocycles. The van der Waals surface area contributed by atoms with Crippen LogP contribution in [0.4, 0.5) is 0 Å². The molecule has 1 atom stereocenters. The Hall–Kier alpha value is -2.34. The van der Waals surface area contributed by atoms with Crippen molar-refractivity contribution in [3.63, 3.8) is 0 Å². The molecule has 1 fully saturated rings. The van der Waals surface area contributed by atoms with Crippen LogP contribution >= 0.6 is 0 Å². The lowest BCUT2D eigenvalue weighted by atomic mass is 9.92. The number of amides is 2. The number of rotatable bonds is 3. The first-order valence-electron chi connectivity index (χ1n) is 7.76. The van der Waals surface area contributed by atoms with Crippen molar-refractivity contribution in [1.82, 2.24) is 9.47 Å². The molecule has 1 aliphatic rings. The van der Waals surface area contributed by atoms with Crippen molar-refractivity contribution in [3.05, 3.63) is 36.0 Å². The number of aliphatic hydroxyl groups is 1. The van der Waals surface area contributed by atoms with Gasteiger partial charge in [-0.1, -0.05) is 18.2 Å². The van der Waals surface area contributed by atoms with Gasteiger partial charge in [-0.3, -0.25) is 9.59 Å². The van der Waals surface area contributed by atoms with Gasteiger partial charge in [-0.2, -0.15) is 0 Å². The van der Waals surface area contributed by atoms with E-state index in [4.69, 9.17) is 5.73 Å². The Labute approximate surface area is 134 Å². The summed E-state index contributed by atoms with van der Waals surface area (Å²) in [6.45, 7) is 2.66. The van der Waals surface area contributed by atoms with Crippen LogP contribution in [0.25, 0.3) is 10.9 Å². The van der Waals surface area contributed by atoms with Crippen molar-refractivity contribution in [2.24, 2.45) is 5.73 Å². The average molecular weight is 315 g/mol. The molecular weight excluding hydrogens is 294 g/mol. The number of nitrogens with two attached hydrogens (primary N) is 1. The Balaban J connectivity index is 1.81. The molecule has 6 nitrogen and oxygen atoms in total. The van der Waals surface area contributed by atoms with E-state index in [0.29, 0.717) is 19.4 Å². The number of primary amides is 1. The van der Waals surface area contributed by atoms with Gasteiger partial charge in [-0.25, -0.2) is 0 Å². The van der Waals surface area contributed by atoms with E-state index in [2.05, 4.69) is 0 Å². The second kappa shape index (κ2) is 5.70. The number of benzene rings is 1. The molecule has 122 valence electrons. The smallest absolute Gasteiger partial charge is 0.251 e. The van der Waals surface area contributed by atoms with Gasteiger partial charge in [0.15, 0.2) is 5.60 Å². The molecule has 6 heteroatoms. The number of nitrogens with zero attached hydrogens (tertiary/aromatic N) is 2. The molecule has 0 unspecified atom stereocenters. The summed E-state index contributed by atoms with van der Waals surface area (Å²) in [5.41, 5.74) is 5.66. The summed E-state index contributed by atoms with van der Waals surface area (Å²) in [5.74, 6) is -0.883. The van der Waals surface area contributed by atoms with E-state index in [-0.39, 0.29) is 19.0 Å². The molecule has 0 bridgehead atoms. The van der Waals surface area contributed by atoms with Crippen LogP contribution in [0, 0.1) is 6.92 Å². The average Bonchev–Trinajstić information content (AvgIpc) is 2.83. The van der Waals surface area contributed by atoms with Gasteiger partial charge in [0.2, 0.25) is 5.91 Å². The van der Waals surface area contributed by atoms with Crippen LogP contribution in [0.15, 0.2) is 30.3 Å². The van der Waals surface area contributed by atoms with Crippen molar-refractivity contribution in [2.75, 3.05) is 13.1 Å². The maximum atomic E-state index is 12.6. The zero-order valence-electron chi connectivity index (χ0n) is 13.2. The van der Waals surface area contributed by atoms with Crippen LogP contribution < -0.4 is 5.73 Å². The highest BCUT2D eigenvalue weighted by Crippen LogP contribution is 2.23. The van der Waals surface area contributed by atoms with Crippen molar-refractivity contribution in [1.29, 1.82) is 0 Å². The maximum Gasteiger partial charge on any atom is 0.251 e. The number of piperidine rings is 1. The fraction of sp³-hybridized carbons (Fsp3) is 0.412. The number of hydrogen-bond acceptors (Lipinski definition) is 3. The molecule has 1 aromatic carbocycles. The predicted molar refractivity (Wildman–Crippen MR) is 86.6 cm³/mol. The summed E-state index contributed by atoms with van der Waals surface area (Å²) >= 11 is 0. The van der Waals surface area contributed by atoms with Gasteiger partial charge in [0.1, 0.15) is 6.54 Å². The standard InChI is InChI=1S/C17H21N3O3/c1-12-9-13-5-2-3-6-14(13)20(12)10-15(21)19-8-4-7-17(23,11-19)16(18)22/h2-3,5-6,9,23H,4,7-8,10-11H2,1H3,(H2,18,22)/t17-/m1/s1. The van der Waals surface area contributed by atoms with Crippen molar-refractivity contribution in [3.8, 4) is 0 Å². The Bertz CT molecular complexity index is 768. The number of carbonyl (C=O) groups excluding carboxylic acids is 2. The molecule has 0 radical (unpaired) electrons. The van der Waals surface area contributed by atoms with Gasteiger partial charge in [0.05, 0.1) is 6.54 Å². The highest BCUT2D eigenvalue weighted by atomic mass is 16.3. The van der Waals surface area contributed by atoms with Gasteiger partial charge >= 0.3 is 0 Å². The molecule has 1 aromatic heterocycles. The summed E-state index contributed by atoms with van der Waals surface area (Å²) in [5, 5.41) is 11.3. The van der Waals surface area contributed by atoms with Gasteiger partial charge in [-0.15, -0.1) is 0 Å².